The third-order valence-electron chi connectivity index (χ3n) is 3.79. The van der Waals surface area contributed by atoms with E-state index in [1.165, 1.54) is 12.8 Å². The van der Waals surface area contributed by atoms with Crippen LogP contribution in [0.2, 0.25) is 5.02 Å². The molecule has 1 N–H and O–H groups in total. The Morgan fingerprint density at radius 3 is 3.06 bits per heavy atom. The maximum Gasteiger partial charge on any atom is 0.161 e. The Morgan fingerprint density at radius 1 is 1.44 bits per heavy atom. The zero-order valence-corrected chi connectivity index (χ0v) is 10.3. The van der Waals surface area contributed by atoms with Gasteiger partial charge in [0.15, 0.2) is 5.75 Å². The summed E-state index contributed by atoms with van der Waals surface area (Å²) in [6.45, 7) is 4.53. The van der Waals surface area contributed by atoms with Gasteiger partial charge >= 0.3 is 0 Å². The monoisotopic (exact) mass is 237 g/mol. The molecule has 1 saturated carbocycles. The summed E-state index contributed by atoms with van der Waals surface area (Å²) in [5, 5.41) is 4.25. The smallest absolute Gasteiger partial charge is 0.161 e. The SMILES string of the molecule is CC1(C)CCC2Nc3cccc(Cl)c3OC21. The van der Waals surface area contributed by atoms with Gasteiger partial charge < -0.3 is 10.1 Å². The van der Waals surface area contributed by atoms with Gasteiger partial charge in [0.1, 0.15) is 6.10 Å². The minimum atomic E-state index is 0.231. The summed E-state index contributed by atoms with van der Waals surface area (Å²) in [6, 6.07) is 6.30. The molecule has 1 heterocycles. The van der Waals surface area contributed by atoms with Crippen molar-refractivity contribution in [1.29, 1.82) is 0 Å². The first-order valence-corrected chi connectivity index (χ1v) is 6.17. The molecule has 16 heavy (non-hydrogen) atoms. The summed E-state index contributed by atoms with van der Waals surface area (Å²) in [5.74, 6) is 0.820. The molecule has 0 aromatic heterocycles. The molecule has 0 radical (unpaired) electrons. The first-order chi connectivity index (χ1) is 7.58. The van der Waals surface area contributed by atoms with Gasteiger partial charge in [-0.2, -0.15) is 0 Å². The number of ether oxygens (including phenoxy) is 1. The Balaban J connectivity index is 2.01. The van der Waals surface area contributed by atoms with Crippen LogP contribution in [0.1, 0.15) is 26.7 Å². The molecule has 2 atom stereocenters. The molecule has 1 aliphatic carbocycles. The number of benzene rings is 1. The topological polar surface area (TPSA) is 21.3 Å². The molecule has 0 amide bonds. The molecular weight excluding hydrogens is 222 g/mol. The molecular formula is C13H16ClNO. The van der Waals surface area contributed by atoms with Crippen molar-refractivity contribution in [2.45, 2.75) is 38.8 Å². The highest BCUT2D eigenvalue weighted by Gasteiger charge is 2.46. The molecule has 0 bridgehead atoms. The fourth-order valence-electron chi connectivity index (χ4n) is 2.82. The van der Waals surface area contributed by atoms with Gasteiger partial charge in [-0.1, -0.05) is 31.5 Å². The lowest BCUT2D eigenvalue weighted by atomic mass is 9.88. The zero-order valence-electron chi connectivity index (χ0n) is 9.59. The molecule has 1 aromatic carbocycles. The van der Waals surface area contributed by atoms with Crippen LogP contribution in [0, 0.1) is 5.41 Å². The van der Waals surface area contributed by atoms with E-state index >= 15 is 0 Å². The average Bonchev–Trinajstić information content (AvgIpc) is 2.53. The van der Waals surface area contributed by atoms with Gasteiger partial charge in [-0.15, -0.1) is 0 Å². The van der Waals surface area contributed by atoms with Crippen LogP contribution in [0.5, 0.6) is 5.75 Å². The number of para-hydroxylation sites is 1. The van der Waals surface area contributed by atoms with E-state index in [9.17, 15) is 0 Å². The minimum Gasteiger partial charge on any atom is -0.484 e. The standard InChI is InChI=1S/C13H16ClNO/c1-13(2)7-6-10-12(13)16-11-8(14)4-3-5-9(11)15-10/h3-5,10,12,15H,6-7H2,1-2H3. The molecule has 2 unspecified atom stereocenters. The average molecular weight is 238 g/mol. The van der Waals surface area contributed by atoms with Crippen LogP contribution in [0.25, 0.3) is 0 Å². The van der Waals surface area contributed by atoms with E-state index in [1.54, 1.807) is 0 Å². The summed E-state index contributed by atoms with van der Waals surface area (Å²) in [7, 11) is 0. The van der Waals surface area contributed by atoms with Crippen LogP contribution in [-0.2, 0) is 0 Å². The predicted molar refractivity (Wildman–Crippen MR) is 66.3 cm³/mol. The van der Waals surface area contributed by atoms with Crippen molar-refractivity contribution in [3.63, 3.8) is 0 Å². The fraction of sp³-hybridized carbons (Fsp3) is 0.538. The van der Waals surface area contributed by atoms with Gasteiger partial charge in [0.2, 0.25) is 0 Å². The number of hydrogen-bond acceptors (Lipinski definition) is 2. The molecule has 0 saturated heterocycles. The summed E-state index contributed by atoms with van der Waals surface area (Å²) < 4.78 is 6.11. The van der Waals surface area contributed by atoms with Crippen molar-refractivity contribution in [2.75, 3.05) is 5.32 Å². The summed E-state index contributed by atoms with van der Waals surface area (Å²) in [6.07, 6.45) is 2.60. The maximum absolute atomic E-state index is 6.16. The molecule has 1 aromatic rings. The quantitative estimate of drug-likeness (QED) is 0.743. The van der Waals surface area contributed by atoms with E-state index in [2.05, 4.69) is 19.2 Å². The Kier molecular flexibility index (Phi) is 2.12. The number of rotatable bonds is 0. The van der Waals surface area contributed by atoms with Crippen molar-refractivity contribution < 1.29 is 4.74 Å². The summed E-state index contributed by atoms with van der Waals surface area (Å²) in [4.78, 5) is 0. The Bertz CT molecular complexity index is 430. The van der Waals surface area contributed by atoms with Crippen molar-refractivity contribution in [1.82, 2.24) is 0 Å². The predicted octanol–water partition coefficient (Wildman–Crippen LogP) is 3.70. The second-order valence-electron chi connectivity index (χ2n) is 5.43. The van der Waals surface area contributed by atoms with Crippen molar-refractivity contribution in [3.8, 4) is 5.75 Å². The number of anilines is 1. The Labute approximate surface area is 101 Å². The lowest BCUT2D eigenvalue weighted by molar-refractivity contribution is 0.0902. The molecule has 86 valence electrons. The Hall–Kier alpha value is -0.890. The number of halogens is 1. The van der Waals surface area contributed by atoms with E-state index in [4.69, 9.17) is 16.3 Å². The molecule has 1 aliphatic heterocycles. The molecule has 3 rings (SSSR count). The molecule has 1 fully saturated rings. The van der Waals surface area contributed by atoms with Crippen molar-refractivity contribution >= 4 is 17.3 Å². The molecule has 3 heteroatoms. The van der Waals surface area contributed by atoms with Crippen molar-refractivity contribution in [2.24, 2.45) is 5.41 Å². The highest BCUT2D eigenvalue weighted by Crippen LogP contribution is 2.47. The van der Waals surface area contributed by atoms with E-state index in [0.717, 1.165) is 11.4 Å². The third kappa shape index (κ3) is 1.40. The second kappa shape index (κ2) is 3.30. The van der Waals surface area contributed by atoms with Gasteiger partial charge in [-0.25, -0.2) is 0 Å². The van der Waals surface area contributed by atoms with E-state index in [-0.39, 0.29) is 11.5 Å². The van der Waals surface area contributed by atoms with Crippen LogP contribution in [-0.4, -0.2) is 12.1 Å². The van der Waals surface area contributed by atoms with Gasteiger partial charge in [-0.3, -0.25) is 0 Å². The largest absolute Gasteiger partial charge is 0.484 e. The van der Waals surface area contributed by atoms with Gasteiger partial charge in [0.05, 0.1) is 16.8 Å². The van der Waals surface area contributed by atoms with Crippen LogP contribution in [0.3, 0.4) is 0 Å². The highest BCUT2D eigenvalue weighted by molar-refractivity contribution is 6.32. The minimum absolute atomic E-state index is 0.231. The third-order valence-corrected chi connectivity index (χ3v) is 4.09. The Morgan fingerprint density at radius 2 is 2.25 bits per heavy atom. The molecule has 2 aliphatic rings. The lowest BCUT2D eigenvalue weighted by Gasteiger charge is -2.37. The van der Waals surface area contributed by atoms with Crippen LogP contribution < -0.4 is 10.1 Å². The highest BCUT2D eigenvalue weighted by atomic mass is 35.5. The van der Waals surface area contributed by atoms with E-state index in [0.29, 0.717) is 11.1 Å². The maximum atomic E-state index is 6.16. The van der Waals surface area contributed by atoms with Gasteiger partial charge in [0, 0.05) is 5.41 Å². The number of nitrogens with one attached hydrogen (secondary N) is 1. The lowest BCUT2D eigenvalue weighted by Crippen LogP contribution is -2.43. The normalized spacial score (nSPS) is 29.9. The fourth-order valence-corrected chi connectivity index (χ4v) is 3.04. The van der Waals surface area contributed by atoms with Crippen LogP contribution >= 0.6 is 11.6 Å². The first-order valence-electron chi connectivity index (χ1n) is 5.80. The second-order valence-corrected chi connectivity index (χ2v) is 5.84. The van der Waals surface area contributed by atoms with Crippen molar-refractivity contribution in [3.05, 3.63) is 23.2 Å². The number of hydrogen-bond donors (Lipinski definition) is 1. The van der Waals surface area contributed by atoms with Crippen LogP contribution in [0.15, 0.2) is 18.2 Å². The van der Waals surface area contributed by atoms with Gasteiger partial charge in [-0.05, 0) is 25.0 Å². The summed E-state index contributed by atoms with van der Waals surface area (Å²) in [5.41, 5.74) is 1.26. The summed E-state index contributed by atoms with van der Waals surface area (Å²) >= 11 is 6.16. The molecule has 2 nitrogen and oxygen atoms in total. The van der Waals surface area contributed by atoms with Crippen LogP contribution in [0.4, 0.5) is 5.69 Å². The van der Waals surface area contributed by atoms with E-state index in [1.807, 2.05) is 18.2 Å². The van der Waals surface area contributed by atoms with Gasteiger partial charge in [0.25, 0.3) is 0 Å². The first kappa shape index (κ1) is 10.3. The zero-order chi connectivity index (χ0) is 11.3. The van der Waals surface area contributed by atoms with E-state index < -0.39 is 0 Å². The molecule has 0 spiro atoms. The number of fused-ring (bicyclic) bond motifs is 2.